The number of nitrogens with zero attached hydrogens (tertiary/aromatic N) is 2. The highest BCUT2D eigenvalue weighted by Gasteiger charge is 2.10. The second-order valence-corrected chi connectivity index (χ2v) is 4.95. The molecule has 0 radical (unpaired) electrons. The number of aromatic nitrogens is 1. The molecule has 0 aliphatic heterocycles. The Hall–Kier alpha value is -2.52. The van der Waals surface area contributed by atoms with E-state index in [9.17, 15) is 9.18 Å². The summed E-state index contributed by atoms with van der Waals surface area (Å²) in [4.78, 5) is 12.5. The monoisotopic (exact) mass is 301 g/mol. The van der Waals surface area contributed by atoms with Crippen LogP contribution in [0.1, 0.15) is 12.0 Å². The second kappa shape index (κ2) is 6.29. The molecule has 21 heavy (non-hydrogen) atoms. The van der Waals surface area contributed by atoms with Gasteiger partial charge in [-0.2, -0.15) is 5.26 Å². The zero-order valence-electron chi connectivity index (χ0n) is 11.0. The molecule has 4 nitrogen and oxygen atoms in total. The number of pyridine rings is 1. The Morgan fingerprint density at radius 3 is 2.52 bits per heavy atom. The number of hydrogen-bond acceptors (Lipinski definition) is 3. The summed E-state index contributed by atoms with van der Waals surface area (Å²) < 4.78 is 14.4. The molecule has 0 spiro atoms. The molecule has 0 amide bonds. The van der Waals surface area contributed by atoms with E-state index in [0.717, 1.165) is 0 Å². The molecule has 6 heteroatoms. The number of hydrogen-bond donors (Lipinski definition) is 1. The summed E-state index contributed by atoms with van der Waals surface area (Å²) >= 11 is 4.82. The van der Waals surface area contributed by atoms with Crippen LogP contribution in [0, 0.1) is 17.1 Å². The summed E-state index contributed by atoms with van der Waals surface area (Å²) in [6.07, 6.45) is 0.346. The van der Waals surface area contributed by atoms with Crippen molar-refractivity contribution in [3.8, 4) is 17.3 Å². The average molecular weight is 301 g/mol. The molecule has 2 N–H and O–H groups in total. The maximum absolute atomic E-state index is 13.0. The van der Waals surface area contributed by atoms with Gasteiger partial charge in [0.2, 0.25) is 0 Å². The van der Waals surface area contributed by atoms with Crippen molar-refractivity contribution in [2.75, 3.05) is 0 Å². The van der Waals surface area contributed by atoms with Crippen molar-refractivity contribution >= 4 is 17.2 Å². The summed E-state index contributed by atoms with van der Waals surface area (Å²) in [6, 6.07) is 10.8. The lowest BCUT2D eigenvalue weighted by atomic mass is 10.1. The van der Waals surface area contributed by atoms with E-state index in [4.69, 9.17) is 23.2 Å². The van der Waals surface area contributed by atoms with E-state index in [2.05, 4.69) is 0 Å². The third-order valence-electron chi connectivity index (χ3n) is 3.02. The summed E-state index contributed by atoms with van der Waals surface area (Å²) in [7, 11) is 0. The third-order valence-corrected chi connectivity index (χ3v) is 3.22. The van der Waals surface area contributed by atoms with Crippen molar-refractivity contribution < 1.29 is 4.39 Å². The molecule has 0 fully saturated rings. The van der Waals surface area contributed by atoms with Gasteiger partial charge < -0.3 is 10.3 Å². The molecule has 1 heterocycles. The Balaban J connectivity index is 2.57. The minimum absolute atomic E-state index is 0.0452. The van der Waals surface area contributed by atoms with Gasteiger partial charge in [-0.25, -0.2) is 4.39 Å². The fourth-order valence-electron chi connectivity index (χ4n) is 1.98. The fourth-order valence-corrected chi connectivity index (χ4v) is 2.07. The van der Waals surface area contributed by atoms with Crippen LogP contribution < -0.4 is 11.3 Å². The van der Waals surface area contributed by atoms with E-state index in [1.54, 1.807) is 18.2 Å². The summed E-state index contributed by atoms with van der Waals surface area (Å²) in [5, 5.41) is 8.95. The summed E-state index contributed by atoms with van der Waals surface area (Å²) in [5.41, 5.74) is 6.38. The van der Waals surface area contributed by atoms with Gasteiger partial charge >= 0.3 is 0 Å². The van der Waals surface area contributed by atoms with Gasteiger partial charge in [-0.15, -0.1) is 0 Å². The van der Waals surface area contributed by atoms with Crippen molar-refractivity contribution in [1.82, 2.24) is 4.57 Å². The molecular weight excluding hydrogens is 289 g/mol. The first-order chi connectivity index (χ1) is 10.0. The molecule has 0 aliphatic rings. The van der Waals surface area contributed by atoms with Crippen molar-refractivity contribution in [1.29, 1.82) is 5.26 Å². The Morgan fingerprint density at radius 2 is 1.95 bits per heavy atom. The van der Waals surface area contributed by atoms with E-state index < -0.39 is 5.56 Å². The lowest BCUT2D eigenvalue weighted by Gasteiger charge is -2.13. The van der Waals surface area contributed by atoms with Crippen LogP contribution >= 0.6 is 12.2 Å². The van der Waals surface area contributed by atoms with Crippen LogP contribution in [0.15, 0.2) is 41.2 Å². The van der Waals surface area contributed by atoms with Crippen molar-refractivity contribution in [2.45, 2.75) is 13.0 Å². The van der Waals surface area contributed by atoms with E-state index in [-0.39, 0.29) is 22.9 Å². The number of thiocarbonyl (C=S) groups is 1. The smallest absolute Gasteiger partial charge is 0.268 e. The quantitative estimate of drug-likeness (QED) is 0.879. The first kappa shape index (κ1) is 14.9. The number of benzene rings is 1. The standard InChI is InChI=1S/C15H12FN3OS/c16-12-4-1-10(2-5-12)13-6-3-11(9-17)15(20)19(13)8-7-14(18)21/h1-6H,7-8H2,(H2,18,21). The third kappa shape index (κ3) is 3.33. The van der Waals surface area contributed by atoms with Crippen molar-refractivity contribution in [3.05, 3.63) is 58.1 Å². The van der Waals surface area contributed by atoms with Gasteiger partial charge in [-0.1, -0.05) is 12.2 Å². The second-order valence-electron chi connectivity index (χ2n) is 4.42. The number of nitriles is 1. The topological polar surface area (TPSA) is 71.8 Å². The predicted octanol–water partition coefficient (Wildman–Crippen LogP) is 2.20. The van der Waals surface area contributed by atoms with Crippen LogP contribution in [0.5, 0.6) is 0 Å². The van der Waals surface area contributed by atoms with E-state index in [1.165, 1.54) is 22.8 Å². The van der Waals surface area contributed by atoms with E-state index in [0.29, 0.717) is 17.7 Å². The van der Waals surface area contributed by atoms with Gasteiger partial charge in [0.1, 0.15) is 17.4 Å². The highest BCUT2D eigenvalue weighted by molar-refractivity contribution is 7.80. The fraction of sp³-hybridized carbons (Fsp3) is 0.133. The molecule has 2 aromatic rings. The molecule has 0 atom stereocenters. The highest BCUT2D eigenvalue weighted by atomic mass is 32.1. The summed E-state index contributed by atoms with van der Waals surface area (Å²) in [6.45, 7) is 0.274. The Bertz CT molecular complexity index is 775. The van der Waals surface area contributed by atoms with Gasteiger partial charge in [0.25, 0.3) is 5.56 Å². The molecule has 0 bridgehead atoms. The van der Waals surface area contributed by atoms with Gasteiger partial charge in [-0.05, 0) is 42.0 Å². The summed E-state index contributed by atoms with van der Waals surface area (Å²) in [5.74, 6) is -0.357. The van der Waals surface area contributed by atoms with Crippen LogP contribution in [0.4, 0.5) is 4.39 Å². The SMILES string of the molecule is N#Cc1ccc(-c2ccc(F)cc2)n(CCC(N)=S)c1=O. The molecule has 1 aromatic heterocycles. The first-order valence-corrected chi connectivity index (χ1v) is 6.62. The van der Waals surface area contributed by atoms with Gasteiger partial charge in [0, 0.05) is 13.0 Å². The van der Waals surface area contributed by atoms with E-state index in [1.807, 2.05) is 6.07 Å². The predicted molar refractivity (Wildman–Crippen MR) is 82.2 cm³/mol. The molecule has 106 valence electrons. The minimum Gasteiger partial charge on any atom is -0.393 e. The molecular formula is C15H12FN3OS. The van der Waals surface area contributed by atoms with E-state index >= 15 is 0 Å². The highest BCUT2D eigenvalue weighted by Crippen LogP contribution is 2.19. The maximum atomic E-state index is 13.0. The lowest BCUT2D eigenvalue weighted by Crippen LogP contribution is -2.26. The van der Waals surface area contributed by atoms with Crippen molar-refractivity contribution in [3.63, 3.8) is 0 Å². The zero-order chi connectivity index (χ0) is 15.4. The van der Waals surface area contributed by atoms with Gasteiger partial charge in [0.05, 0.1) is 10.7 Å². The largest absolute Gasteiger partial charge is 0.393 e. The molecule has 2 rings (SSSR count). The molecule has 0 saturated carbocycles. The molecule has 0 saturated heterocycles. The van der Waals surface area contributed by atoms with Gasteiger partial charge in [0.15, 0.2) is 0 Å². The number of rotatable bonds is 4. The Morgan fingerprint density at radius 1 is 1.29 bits per heavy atom. The number of nitrogens with two attached hydrogens (primary N) is 1. The molecule has 0 aliphatic carbocycles. The molecule has 1 aromatic carbocycles. The van der Waals surface area contributed by atoms with Crippen LogP contribution in [0.2, 0.25) is 0 Å². The van der Waals surface area contributed by atoms with Crippen LogP contribution in [-0.2, 0) is 6.54 Å². The minimum atomic E-state index is -0.407. The normalized spacial score (nSPS) is 10.1. The first-order valence-electron chi connectivity index (χ1n) is 6.21. The Kier molecular flexibility index (Phi) is 4.45. The average Bonchev–Trinajstić information content (AvgIpc) is 2.46. The van der Waals surface area contributed by atoms with Gasteiger partial charge in [-0.3, -0.25) is 4.79 Å². The van der Waals surface area contributed by atoms with Crippen LogP contribution in [-0.4, -0.2) is 9.56 Å². The van der Waals surface area contributed by atoms with Crippen LogP contribution in [0.25, 0.3) is 11.3 Å². The molecule has 0 unspecified atom stereocenters. The maximum Gasteiger partial charge on any atom is 0.268 e. The lowest BCUT2D eigenvalue weighted by molar-refractivity contribution is 0.628. The number of halogens is 1. The zero-order valence-corrected chi connectivity index (χ0v) is 11.9. The van der Waals surface area contributed by atoms with Crippen LogP contribution in [0.3, 0.4) is 0 Å². The Labute approximate surface area is 126 Å². The van der Waals surface area contributed by atoms with Crippen molar-refractivity contribution in [2.24, 2.45) is 5.73 Å².